The lowest BCUT2D eigenvalue weighted by Gasteiger charge is -2.10. The zero-order valence-electron chi connectivity index (χ0n) is 18.9. The smallest absolute Gasteiger partial charge is 0.259 e. The van der Waals surface area contributed by atoms with Gasteiger partial charge in [-0.2, -0.15) is 4.68 Å². The van der Waals surface area contributed by atoms with E-state index in [1.165, 1.54) is 23.1 Å². The van der Waals surface area contributed by atoms with Crippen LogP contribution in [-0.2, 0) is 4.79 Å². The number of carbonyl (C=O) groups is 1. The summed E-state index contributed by atoms with van der Waals surface area (Å²) >= 11 is 4.32. The van der Waals surface area contributed by atoms with Crippen LogP contribution in [0.15, 0.2) is 64.1 Å². The third-order valence-electron chi connectivity index (χ3n) is 5.03. The molecule has 1 amide bonds. The second-order valence-electron chi connectivity index (χ2n) is 7.49. The van der Waals surface area contributed by atoms with Gasteiger partial charge in [0.1, 0.15) is 5.52 Å². The molecule has 0 bridgehead atoms. The van der Waals surface area contributed by atoms with Crippen molar-refractivity contribution in [1.29, 1.82) is 0 Å². The summed E-state index contributed by atoms with van der Waals surface area (Å²) in [6.07, 6.45) is 1.04. The number of rotatable bonds is 9. The highest BCUT2D eigenvalue weighted by molar-refractivity contribution is 8.01. The molecule has 35 heavy (non-hydrogen) atoms. The summed E-state index contributed by atoms with van der Waals surface area (Å²) in [5.41, 5.74) is 2.42. The maximum atomic E-state index is 12.6. The van der Waals surface area contributed by atoms with Crippen LogP contribution in [0, 0.1) is 0 Å². The molecule has 0 spiro atoms. The fourth-order valence-electron chi connectivity index (χ4n) is 3.16. The second kappa shape index (κ2) is 10.5. The van der Waals surface area contributed by atoms with Crippen molar-refractivity contribution in [3.05, 3.63) is 54.6 Å². The maximum Gasteiger partial charge on any atom is 0.259 e. The molecule has 3 heterocycles. The van der Waals surface area contributed by atoms with E-state index >= 15 is 0 Å². The fraction of sp³-hybridized carbons (Fsp3) is 0.227. The maximum absolute atomic E-state index is 12.6. The van der Waals surface area contributed by atoms with Crippen molar-refractivity contribution in [2.45, 2.75) is 35.0 Å². The molecule has 0 saturated carbocycles. The van der Waals surface area contributed by atoms with E-state index in [0.29, 0.717) is 21.5 Å². The summed E-state index contributed by atoms with van der Waals surface area (Å²) in [5.74, 6) is 0.432. The van der Waals surface area contributed by atoms with Crippen LogP contribution in [-0.4, -0.2) is 56.9 Å². The van der Waals surface area contributed by atoms with E-state index in [4.69, 9.17) is 0 Å². The topological polar surface area (TPSA) is 116 Å². The molecule has 13 heteroatoms. The third-order valence-corrected chi connectivity index (χ3v) is 8.15. The van der Waals surface area contributed by atoms with Crippen LogP contribution in [0.5, 0.6) is 0 Å². The second-order valence-corrected chi connectivity index (χ2v) is 11.1. The van der Waals surface area contributed by atoms with Crippen LogP contribution in [0.2, 0.25) is 0 Å². The van der Waals surface area contributed by atoms with Gasteiger partial charge in [-0.3, -0.25) is 14.7 Å². The Bertz CT molecular complexity index is 1450. The standard InChI is InChI=1S/C22H21N9OS3/c1-3-14(2)34-22-28-25-19(35-22)23-18(32)13-33-21-27-26-20(30(21)15-9-5-4-6-10-15)31-17-12-8-7-11-16(17)24-29-31/h4-12,14H,3,13H2,1-2H3,(H,23,25,32). The van der Waals surface area contributed by atoms with E-state index < -0.39 is 0 Å². The number of amides is 1. The number of nitrogens with zero attached hydrogens (tertiary/aromatic N) is 8. The van der Waals surface area contributed by atoms with Crippen LogP contribution in [0.1, 0.15) is 20.3 Å². The fourth-order valence-corrected chi connectivity index (χ4v) is 5.92. The first-order chi connectivity index (χ1) is 17.1. The number of carbonyl (C=O) groups excluding carboxylic acids is 1. The average molecular weight is 524 g/mol. The van der Waals surface area contributed by atoms with Gasteiger partial charge in [0.05, 0.1) is 17.0 Å². The Morgan fingerprint density at radius 3 is 2.66 bits per heavy atom. The van der Waals surface area contributed by atoms with Crippen molar-refractivity contribution in [2.24, 2.45) is 0 Å². The van der Waals surface area contributed by atoms with Gasteiger partial charge in [-0.1, -0.05) is 84.3 Å². The predicted octanol–water partition coefficient (Wildman–Crippen LogP) is 4.47. The number of benzene rings is 2. The monoisotopic (exact) mass is 523 g/mol. The Morgan fingerprint density at radius 1 is 1.03 bits per heavy atom. The highest BCUT2D eigenvalue weighted by Gasteiger charge is 2.20. The summed E-state index contributed by atoms with van der Waals surface area (Å²) in [5, 5.41) is 29.8. The lowest BCUT2D eigenvalue weighted by atomic mass is 10.3. The number of thioether (sulfide) groups is 2. The first-order valence-electron chi connectivity index (χ1n) is 10.9. The molecule has 178 valence electrons. The number of anilines is 1. The molecule has 2 aromatic carbocycles. The minimum atomic E-state index is -0.193. The number of para-hydroxylation sites is 2. The van der Waals surface area contributed by atoms with E-state index in [2.05, 4.69) is 49.9 Å². The largest absolute Gasteiger partial charge is 0.300 e. The molecular formula is C22H21N9OS3. The molecule has 1 N–H and O–H groups in total. The van der Waals surface area contributed by atoms with Gasteiger partial charge in [0, 0.05) is 5.25 Å². The molecule has 3 aromatic heterocycles. The molecule has 0 radical (unpaired) electrons. The van der Waals surface area contributed by atoms with Crippen LogP contribution >= 0.6 is 34.9 Å². The van der Waals surface area contributed by atoms with Gasteiger partial charge in [0.25, 0.3) is 5.95 Å². The van der Waals surface area contributed by atoms with Gasteiger partial charge in [-0.15, -0.1) is 25.5 Å². The summed E-state index contributed by atoms with van der Waals surface area (Å²) in [6.45, 7) is 4.27. The third kappa shape index (κ3) is 5.21. The highest BCUT2D eigenvalue weighted by Crippen LogP contribution is 2.30. The molecule has 0 saturated heterocycles. The first-order valence-corrected chi connectivity index (χ1v) is 13.5. The summed E-state index contributed by atoms with van der Waals surface area (Å²) in [4.78, 5) is 12.6. The molecular weight excluding hydrogens is 503 g/mol. The first kappa shape index (κ1) is 23.5. The van der Waals surface area contributed by atoms with Crippen LogP contribution < -0.4 is 5.32 Å². The van der Waals surface area contributed by atoms with Crippen LogP contribution in [0.3, 0.4) is 0 Å². The average Bonchev–Trinajstić information content (AvgIpc) is 3.61. The van der Waals surface area contributed by atoms with Gasteiger partial charge < -0.3 is 0 Å². The molecule has 5 rings (SSSR count). The SMILES string of the molecule is CCC(C)Sc1nnc(NC(=O)CSc2nnc(-n3nnc4ccccc43)n2-c2ccccc2)s1. The molecule has 0 aliphatic rings. The van der Waals surface area contributed by atoms with Crippen molar-refractivity contribution in [1.82, 2.24) is 40.0 Å². The van der Waals surface area contributed by atoms with Gasteiger partial charge in [0.15, 0.2) is 9.50 Å². The Labute approximate surface area is 213 Å². The van der Waals surface area contributed by atoms with Crippen molar-refractivity contribution < 1.29 is 4.79 Å². The number of hydrogen-bond donors (Lipinski definition) is 1. The van der Waals surface area contributed by atoms with Crippen LogP contribution in [0.4, 0.5) is 5.13 Å². The Kier molecular flexibility index (Phi) is 7.06. The Hall–Kier alpha value is -3.29. The molecule has 1 unspecified atom stereocenters. The van der Waals surface area contributed by atoms with E-state index in [0.717, 1.165) is 27.5 Å². The van der Waals surface area contributed by atoms with Crippen LogP contribution in [0.25, 0.3) is 22.7 Å². The van der Waals surface area contributed by atoms with Crippen molar-refractivity contribution >= 4 is 56.9 Å². The zero-order chi connectivity index (χ0) is 24.2. The molecule has 1 atom stereocenters. The number of nitrogens with one attached hydrogen (secondary N) is 1. The lowest BCUT2D eigenvalue weighted by molar-refractivity contribution is -0.113. The Morgan fingerprint density at radius 2 is 1.83 bits per heavy atom. The number of aromatic nitrogens is 8. The Balaban J connectivity index is 1.36. The minimum Gasteiger partial charge on any atom is -0.300 e. The quantitative estimate of drug-likeness (QED) is 0.220. The zero-order valence-corrected chi connectivity index (χ0v) is 21.3. The normalized spacial score (nSPS) is 12.2. The van der Waals surface area contributed by atoms with E-state index in [1.54, 1.807) is 16.4 Å². The van der Waals surface area contributed by atoms with Crippen molar-refractivity contribution in [3.63, 3.8) is 0 Å². The van der Waals surface area contributed by atoms with Gasteiger partial charge in [-0.25, -0.2) is 0 Å². The number of fused-ring (bicyclic) bond motifs is 1. The summed E-state index contributed by atoms with van der Waals surface area (Å²) in [7, 11) is 0. The lowest BCUT2D eigenvalue weighted by Crippen LogP contribution is -2.14. The summed E-state index contributed by atoms with van der Waals surface area (Å²) < 4.78 is 4.36. The highest BCUT2D eigenvalue weighted by atomic mass is 32.2. The predicted molar refractivity (Wildman–Crippen MR) is 139 cm³/mol. The molecule has 10 nitrogen and oxygen atoms in total. The molecule has 0 fully saturated rings. The van der Waals surface area contributed by atoms with Gasteiger partial charge >= 0.3 is 0 Å². The molecule has 0 aliphatic heterocycles. The van der Waals surface area contributed by atoms with E-state index in [1.807, 2.05) is 59.2 Å². The minimum absolute atomic E-state index is 0.135. The molecule has 5 aromatic rings. The molecule has 0 aliphatic carbocycles. The van der Waals surface area contributed by atoms with E-state index in [9.17, 15) is 4.79 Å². The van der Waals surface area contributed by atoms with E-state index in [-0.39, 0.29) is 11.7 Å². The van der Waals surface area contributed by atoms with Crippen molar-refractivity contribution in [2.75, 3.05) is 11.1 Å². The summed E-state index contributed by atoms with van der Waals surface area (Å²) in [6, 6.07) is 17.4. The number of hydrogen-bond acceptors (Lipinski definition) is 10. The van der Waals surface area contributed by atoms with Crippen molar-refractivity contribution in [3.8, 4) is 11.6 Å². The van der Waals surface area contributed by atoms with Gasteiger partial charge in [0.2, 0.25) is 11.0 Å². The van der Waals surface area contributed by atoms with Gasteiger partial charge in [-0.05, 0) is 30.7 Å².